The van der Waals surface area contributed by atoms with Crippen LogP contribution in [0.5, 0.6) is 5.75 Å². The highest BCUT2D eigenvalue weighted by Gasteiger charge is 2.68. The Kier molecular flexibility index (Phi) is 13.3. The summed E-state index contributed by atoms with van der Waals surface area (Å²) in [6.07, 6.45) is 10.2. The van der Waals surface area contributed by atoms with Crippen LogP contribution in [-0.4, -0.2) is 99.3 Å². The average Bonchev–Trinajstić information content (AvgIpc) is 3.01. The number of ketones is 2. The molecule has 1 amide bonds. The van der Waals surface area contributed by atoms with Crippen molar-refractivity contribution in [2.75, 3.05) is 20.7 Å². The molecule has 0 radical (unpaired) electrons. The lowest BCUT2D eigenvalue weighted by molar-refractivity contribution is -0.166. The number of Topliss-reactive ketones (excluding diaryl/α,β-unsaturated/α-hetero) is 2. The minimum atomic E-state index is -4.23. The summed E-state index contributed by atoms with van der Waals surface area (Å²) in [6.45, 7) is 6.22. The molecule has 1 aromatic rings. The van der Waals surface area contributed by atoms with Crippen LogP contribution in [0.25, 0.3) is 11.3 Å². The summed E-state index contributed by atoms with van der Waals surface area (Å²) >= 11 is 0. The lowest BCUT2D eigenvalue weighted by Gasteiger charge is -2.52. The van der Waals surface area contributed by atoms with Crippen molar-refractivity contribution in [2.24, 2.45) is 17.6 Å². The third-order valence-electron chi connectivity index (χ3n) is 9.34. The number of nitrogens with zero attached hydrogens (tertiary/aromatic N) is 1. The molecule has 0 unspecified atom stereocenters. The summed E-state index contributed by atoms with van der Waals surface area (Å²) in [5.74, 6) is -8.78. The number of fused-ring (bicyclic) bond motifs is 3. The van der Waals surface area contributed by atoms with Crippen LogP contribution in [0.3, 0.4) is 0 Å². The van der Waals surface area contributed by atoms with Gasteiger partial charge in [-0.2, -0.15) is 8.42 Å². The van der Waals surface area contributed by atoms with Gasteiger partial charge in [-0.05, 0) is 37.7 Å². The molecule has 3 aliphatic rings. The topological polar surface area (TPSA) is 245 Å². The summed E-state index contributed by atoms with van der Waals surface area (Å²) in [4.78, 5) is 39.8. The van der Waals surface area contributed by atoms with Crippen molar-refractivity contribution >= 4 is 39.2 Å². The highest BCUT2D eigenvalue weighted by molar-refractivity contribution is 7.80. The lowest BCUT2D eigenvalue weighted by Crippen LogP contribution is -2.70. The Balaban J connectivity index is 0.000000326. The molecule has 1 aromatic carbocycles. The van der Waals surface area contributed by atoms with Gasteiger partial charge in [0.05, 0.1) is 35.8 Å². The number of aliphatic hydroxyl groups is 4. The number of amides is 1. The van der Waals surface area contributed by atoms with Crippen molar-refractivity contribution < 1.29 is 57.1 Å². The van der Waals surface area contributed by atoms with E-state index in [1.54, 1.807) is 0 Å². The van der Waals surface area contributed by atoms with Gasteiger partial charge in [0.15, 0.2) is 11.4 Å². The zero-order valence-corrected chi connectivity index (χ0v) is 28.9. The quantitative estimate of drug-likeness (QED) is 0.0835. The number of aromatic hydroxyl groups is 1. The second-order valence-corrected chi connectivity index (χ2v) is 14.0. The number of hydrogen-bond donors (Lipinski definition) is 7. The number of unbranched alkanes of at least 4 members (excludes halogenated alkanes) is 9. The number of carbonyl (C=O) groups excluding carboxylic acids is 3. The van der Waals surface area contributed by atoms with Gasteiger partial charge >= 0.3 is 10.4 Å². The van der Waals surface area contributed by atoms with E-state index in [2.05, 4.69) is 17.7 Å². The van der Waals surface area contributed by atoms with Crippen LogP contribution >= 0.6 is 0 Å². The van der Waals surface area contributed by atoms with E-state index in [0.29, 0.717) is 6.42 Å². The molecule has 8 N–H and O–H groups in total. The van der Waals surface area contributed by atoms with E-state index in [1.807, 2.05) is 0 Å². The summed E-state index contributed by atoms with van der Waals surface area (Å²) in [5.41, 5.74) is 1.16. The second-order valence-electron chi connectivity index (χ2n) is 12.9. The number of carbonyl (C=O) groups is 3. The van der Waals surface area contributed by atoms with Gasteiger partial charge in [0.25, 0.3) is 5.91 Å². The van der Waals surface area contributed by atoms with Crippen molar-refractivity contribution in [1.82, 2.24) is 4.90 Å². The Labute approximate surface area is 286 Å². The van der Waals surface area contributed by atoms with Crippen molar-refractivity contribution in [3.63, 3.8) is 0 Å². The molecule has 5 atom stereocenters. The van der Waals surface area contributed by atoms with Crippen molar-refractivity contribution in [2.45, 2.75) is 88.9 Å². The molecular weight excluding hydrogens is 660 g/mol. The molecular formula is C34H48N2O12S. The van der Waals surface area contributed by atoms with E-state index in [1.165, 1.54) is 82.1 Å². The van der Waals surface area contributed by atoms with E-state index >= 15 is 0 Å². The number of nitrogens with two attached hydrogens (primary N) is 1. The van der Waals surface area contributed by atoms with E-state index in [-0.39, 0.29) is 29.1 Å². The van der Waals surface area contributed by atoms with E-state index in [9.17, 15) is 48.3 Å². The van der Waals surface area contributed by atoms with Crippen LogP contribution in [0.2, 0.25) is 0 Å². The summed E-state index contributed by atoms with van der Waals surface area (Å²) in [7, 11) is -1.36. The van der Waals surface area contributed by atoms with E-state index in [0.717, 1.165) is 12.8 Å². The Morgan fingerprint density at radius 2 is 1.55 bits per heavy atom. The SMILES string of the molecule is C=C1c2cccc(O)c2C(O)=C2C(=O)[C@]3(O)C(O)=C(C(N)=O)C(=O)[C@@H](N(C)C)[C@@H]3[C@@H](O)[C@H]12.CCCCCCCCCCCCOS(=O)(=O)O. The van der Waals surface area contributed by atoms with Crippen molar-refractivity contribution in [3.05, 3.63) is 52.8 Å². The molecule has 49 heavy (non-hydrogen) atoms. The van der Waals surface area contributed by atoms with Crippen LogP contribution < -0.4 is 5.73 Å². The standard InChI is InChI=1S/C22H22N2O8.C12H26O4S/c1-7-8-5-4-6-9(25)11(8)16(26)12-10(7)17(27)14-15(24(2)3)18(28)13(21(23)31)20(30)22(14,32)19(12)29;1-2-3-4-5-6-7-8-9-10-11-12-16-17(13,14)15/h4-6,10,14-15,17,25-27,30,32H,1H2,2-3H3,(H2,23,31);2-12H2,1H3,(H,13,14,15)/t10-,14-,15+,17+,22+;/m1./s1. The molecule has 0 spiro atoms. The number of phenols is 1. The first-order chi connectivity index (χ1) is 22.9. The largest absolute Gasteiger partial charge is 0.508 e. The summed E-state index contributed by atoms with van der Waals surface area (Å²) in [5, 5.41) is 54.7. The van der Waals surface area contributed by atoms with Crippen LogP contribution in [0.1, 0.15) is 82.3 Å². The maximum Gasteiger partial charge on any atom is 0.397 e. The number of aliphatic hydroxyl groups excluding tert-OH is 3. The Hall–Kier alpha value is -3.60. The molecule has 3 aliphatic carbocycles. The maximum atomic E-state index is 13.6. The Morgan fingerprint density at radius 1 is 1.00 bits per heavy atom. The number of primary amides is 1. The number of benzene rings is 1. The van der Waals surface area contributed by atoms with Gasteiger partial charge in [-0.15, -0.1) is 0 Å². The molecule has 0 aliphatic heterocycles. The van der Waals surface area contributed by atoms with Crippen molar-refractivity contribution in [1.29, 1.82) is 0 Å². The maximum absolute atomic E-state index is 13.6. The van der Waals surface area contributed by atoms with Gasteiger partial charge in [0.1, 0.15) is 22.8 Å². The van der Waals surface area contributed by atoms with E-state index < -0.39 is 80.1 Å². The monoisotopic (exact) mass is 708 g/mol. The normalized spacial score (nSPS) is 25.1. The molecule has 0 saturated heterocycles. The first-order valence-electron chi connectivity index (χ1n) is 16.4. The number of rotatable bonds is 14. The molecule has 14 nitrogen and oxygen atoms in total. The molecule has 0 bridgehead atoms. The molecule has 0 aromatic heterocycles. The zero-order valence-electron chi connectivity index (χ0n) is 28.1. The molecule has 0 heterocycles. The molecule has 4 rings (SSSR count). The van der Waals surface area contributed by atoms with Gasteiger partial charge in [-0.1, -0.05) is 83.4 Å². The minimum absolute atomic E-state index is 0.0926. The fraction of sp³-hybridized carbons (Fsp3) is 0.559. The van der Waals surface area contributed by atoms with Gasteiger partial charge in [-0.25, -0.2) is 4.18 Å². The fourth-order valence-corrected chi connectivity index (χ4v) is 7.29. The van der Waals surface area contributed by atoms with Gasteiger partial charge < -0.3 is 31.3 Å². The summed E-state index contributed by atoms with van der Waals surface area (Å²) < 4.78 is 33.0. The first kappa shape index (κ1) is 39.8. The first-order valence-corrected chi connectivity index (χ1v) is 17.8. The van der Waals surface area contributed by atoms with E-state index in [4.69, 9.17) is 10.3 Å². The fourth-order valence-electron chi connectivity index (χ4n) is 6.96. The van der Waals surface area contributed by atoms with Crippen LogP contribution in [0.15, 0.2) is 41.7 Å². The van der Waals surface area contributed by atoms with Crippen LogP contribution in [-0.2, 0) is 29.0 Å². The van der Waals surface area contributed by atoms with Gasteiger partial charge in [-0.3, -0.25) is 23.8 Å². The highest BCUT2D eigenvalue weighted by atomic mass is 32.3. The Bertz CT molecular complexity index is 1620. The third kappa shape index (κ3) is 8.24. The number of phenolic OH excluding ortho intramolecular Hbond substituents is 1. The second kappa shape index (κ2) is 16.4. The smallest absolute Gasteiger partial charge is 0.397 e. The zero-order chi connectivity index (χ0) is 36.8. The number of likely N-dealkylation sites (N-methyl/N-ethyl adjacent to an activating group) is 1. The molecule has 1 fully saturated rings. The van der Waals surface area contributed by atoms with Gasteiger partial charge in [0, 0.05) is 5.92 Å². The minimum Gasteiger partial charge on any atom is -0.508 e. The summed E-state index contributed by atoms with van der Waals surface area (Å²) in [6, 6.07) is 2.89. The van der Waals surface area contributed by atoms with Gasteiger partial charge in [0.2, 0.25) is 5.78 Å². The van der Waals surface area contributed by atoms with Crippen LogP contribution in [0.4, 0.5) is 0 Å². The molecule has 1 saturated carbocycles. The van der Waals surface area contributed by atoms with Crippen molar-refractivity contribution in [3.8, 4) is 5.75 Å². The lowest BCUT2D eigenvalue weighted by atomic mass is 9.55. The third-order valence-corrected chi connectivity index (χ3v) is 9.80. The predicted octanol–water partition coefficient (Wildman–Crippen LogP) is 3.13. The molecule has 15 heteroatoms. The highest BCUT2D eigenvalue weighted by Crippen LogP contribution is 2.55. The number of hydrogen-bond acceptors (Lipinski definition) is 12. The van der Waals surface area contributed by atoms with Crippen LogP contribution in [0, 0.1) is 11.8 Å². The predicted molar refractivity (Wildman–Crippen MR) is 180 cm³/mol. The molecule has 272 valence electrons. The average molecular weight is 709 g/mol. The Morgan fingerprint density at radius 3 is 2.06 bits per heavy atom.